The highest BCUT2D eigenvalue weighted by atomic mass is 32.2. The minimum Gasteiger partial charge on any atom is -0.356 e. The number of aromatic amines is 1. The average molecular weight is 679 g/mol. The Kier molecular flexibility index (Phi) is 13.8. The van der Waals surface area contributed by atoms with Crippen molar-refractivity contribution in [1.29, 1.82) is 0 Å². The van der Waals surface area contributed by atoms with Gasteiger partial charge in [0.1, 0.15) is 5.69 Å². The van der Waals surface area contributed by atoms with Crippen LogP contribution >= 0.6 is 11.8 Å². The van der Waals surface area contributed by atoms with Crippen LogP contribution in [0.25, 0.3) is 0 Å². The van der Waals surface area contributed by atoms with E-state index in [1.807, 2.05) is 11.8 Å². The molecule has 2 aromatic heterocycles. The van der Waals surface area contributed by atoms with Crippen molar-refractivity contribution in [3.05, 3.63) is 44.7 Å². The highest BCUT2D eigenvalue weighted by Gasteiger charge is 2.42. The number of unbranched alkanes of at least 4 members (excludes halogenated alkanes) is 5. The molecule has 4 rings (SSSR count). The summed E-state index contributed by atoms with van der Waals surface area (Å²) in [5.74, 6) is -0.305. The number of amides is 5. The monoisotopic (exact) mass is 678 g/mol. The Balaban J connectivity index is 0.949. The van der Waals surface area contributed by atoms with Crippen LogP contribution in [-0.4, -0.2) is 84.6 Å². The lowest BCUT2D eigenvalue weighted by Gasteiger charge is -2.16. The Morgan fingerprint density at radius 2 is 1.62 bits per heavy atom. The van der Waals surface area contributed by atoms with Gasteiger partial charge in [-0.05, 0) is 44.9 Å². The van der Waals surface area contributed by atoms with Crippen LogP contribution in [0, 0.1) is 5.82 Å². The van der Waals surface area contributed by atoms with E-state index in [-0.39, 0.29) is 43.0 Å². The van der Waals surface area contributed by atoms with E-state index in [0.29, 0.717) is 54.1 Å². The lowest BCUT2D eigenvalue weighted by atomic mass is 10.0. The van der Waals surface area contributed by atoms with E-state index in [9.17, 15) is 33.2 Å². The van der Waals surface area contributed by atoms with Crippen LogP contribution in [-0.2, 0) is 22.7 Å². The maximum absolute atomic E-state index is 13.3. The van der Waals surface area contributed by atoms with Gasteiger partial charge in [0.05, 0.1) is 31.0 Å². The molecule has 0 aliphatic carbocycles. The van der Waals surface area contributed by atoms with Gasteiger partial charge in [-0.15, -0.1) is 5.10 Å². The van der Waals surface area contributed by atoms with Gasteiger partial charge in [-0.3, -0.25) is 24.0 Å². The number of aromatic nitrogens is 5. The maximum atomic E-state index is 13.3. The average Bonchev–Trinajstić information content (AvgIpc) is 3.75. The topological polar surface area (TPSA) is 214 Å². The fourth-order valence-electron chi connectivity index (χ4n) is 5.44. The molecular formula is C29H43FN10O6S. The van der Waals surface area contributed by atoms with Crippen LogP contribution in [0.5, 0.6) is 0 Å². The summed E-state index contributed by atoms with van der Waals surface area (Å²) < 4.78 is 15.5. The molecule has 0 saturated carbocycles. The van der Waals surface area contributed by atoms with E-state index < -0.39 is 23.1 Å². The van der Waals surface area contributed by atoms with E-state index in [0.717, 1.165) is 57.1 Å². The van der Waals surface area contributed by atoms with Gasteiger partial charge in [0, 0.05) is 43.5 Å². The lowest BCUT2D eigenvalue weighted by molar-refractivity contribution is -0.122. The molecule has 16 nitrogen and oxygen atoms in total. The molecular weight excluding hydrogens is 635 g/mol. The molecule has 4 heterocycles. The van der Waals surface area contributed by atoms with Crippen LogP contribution in [0.2, 0.25) is 0 Å². The van der Waals surface area contributed by atoms with Gasteiger partial charge in [-0.25, -0.2) is 19.0 Å². The fourth-order valence-corrected chi connectivity index (χ4v) is 6.98. The van der Waals surface area contributed by atoms with Gasteiger partial charge in [0.2, 0.25) is 17.6 Å². The summed E-state index contributed by atoms with van der Waals surface area (Å²) in [4.78, 5) is 72.2. The largest absolute Gasteiger partial charge is 0.356 e. The normalized spacial score (nSPS) is 18.3. The number of aryl methyl sites for hydroxylation is 1. The number of nitrogens with zero attached hydrogens (tertiary/aromatic N) is 4. The third-order valence-corrected chi connectivity index (χ3v) is 9.50. The quantitative estimate of drug-likeness (QED) is 0.0911. The Hall–Kier alpha value is -4.22. The lowest BCUT2D eigenvalue weighted by Crippen LogP contribution is -2.40. The third-order valence-electron chi connectivity index (χ3n) is 7.99. The van der Waals surface area contributed by atoms with E-state index in [1.54, 1.807) is 15.9 Å². The molecule has 5 amide bonds. The second-order valence-electron chi connectivity index (χ2n) is 11.7. The number of halogens is 1. The number of carbonyl (C=O) groups is 4. The number of rotatable bonds is 19. The van der Waals surface area contributed by atoms with Crippen LogP contribution in [0.3, 0.4) is 0 Å². The first-order valence-electron chi connectivity index (χ1n) is 16.1. The van der Waals surface area contributed by atoms with Crippen molar-refractivity contribution < 1.29 is 23.6 Å². The van der Waals surface area contributed by atoms with Gasteiger partial charge in [-0.2, -0.15) is 16.2 Å². The zero-order chi connectivity index (χ0) is 33.6. The molecule has 0 aromatic carbocycles. The number of fused-ring (bicyclic) bond motifs is 1. The second kappa shape index (κ2) is 18.2. The summed E-state index contributed by atoms with van der Waals surface area (Å²) in [6, 6.07) is -0.474. The van der Waals surface area contributed by atoms with E-state index in [4.69, 9.17) is 0 Å². The van der Waals surface area contributed by atoms with Crippen molar-refractivity contribution in [2.45, 2.75) is 101 Å². The first kappa shape index (κ1) is 35.6. The number of thioether (sulfide) groups is 1. The molecule has 6 N–H and O–H groups in total. The minimum absolute atomic E-state index is 0.0501. The predicted molar refractivity (Wildman–Crippen MR) is 171 cm³/mol. The molecule has 0 radical (unpaired) electrons. The molecule has 2 aliphatic rings. The van der Waals surface area contributed by atoms with E-state index in [1.165, 1.54) is 0 Å². The molecule has 258 valence electrons. The zero-order valence-electron chi connectivity index (χ0n) is 26.2. The first-order valence-corrected chi connectivity index (χ1v) is 17.1. The smallest absolute Gasteiger partial charge is 0.336 e. The fraction of sp³-hybridized carbons (Fsp3) is 0.655. The van der Waals surface area contributed by atoms with Crippen molar-refractivity contribution >= 4 is 35.6 Å². The number of H-pyrrole nitrogens is 1. The van der Waals surface area contributed by atoms with Gasteiger partial charge >= 0.3 is 17.8 Å². The Morgan fingerprint density at radius 1 is 0.894 bits per heavy atom. The van der Waals surface area contributed by atoms with E-state index >= 15 is 0 Å². The van der Waals surface area contributed by atoms with Crippen LogP contribution in [0.15, 0.2) is 22.0 Å². The SMILES string of the molecule is O=C(CCCC[C@@H]1SC[C@@H]2NC(=O)N[C@@H]21)NCCCCCC(=O)NCc1cn(CCCCCNC(=O)n2cc(F)c(=O)[nH]c2=O)nn1. The predicted octanol–water partition coefficient (Wildman–Crippen LogP) is 0.714. The number of hydrogen-bond donors (Lipinski definition) is 6. The van der Waals surface area contributed by atoms with Crippen LogP contribution < -0.4 is 37.8 Å². The highest BCUT2D eigenvalue weighted by molar-refractivity contribution is 8.00. The summed E-state index contributed by atoms with van der Waals surface area (Å²) in [5, 5.41) is 22.8. The second-order valence-corrected chi connectivity index (χ2v) is 12.9. The molecule has 0 bridgehead atoms. The molecule has 2 saturated heterocycles. The number of hydrogen-bond acceptors (Lipinski definition) is 9. The Labute approximate surface area is 274 Å². The zero-order valence-corrected chi connectivity index (χ0v) is 27.0. The summed E-state index contributed by atoms with van der Waals surface area (Å²) in [7, 11) is 0. The molecule has 2 aromatic rings. The summed E-state index contributed by atoms with van der Waals surface area (Å²) in [6.45, 7) is 1.73. The van der Waals surface area contributed by atoms with Gasteiger partial charge in [0.15, 0.2) is 0 Å². The molecule has 47 heavy (non-hydrogen) atoms. The van der Waals surface area contributed by atoms with Crippen molar-refractivity contribution in [3.8, 4) is 0 Å². The number of carbonyl (C=O) groups excluding carboxylic acids is 4. The molecule has 3 atom stereocenters. The summed E-state index contributed by atoms with van der Waals surface area (Å²) >= 11 is 1.89. The molecule has 2 fully saturated rings. The van der Waals surface area contributed by atoms with Gasteiger partial charge < -0.3 is 26.6 Å². The molecule has 0 unspecified atom stereocenters. The van der Waals surface area contributed by atoms with Crippen molar-refractivity contribution in [1.82, 2.24) is 51.1 Å². The molecule has 18 heteroatoms. The van der Waals surface area contributed by atoms with Crippen LogP contribution in [0.1, 0.15) is 76.3 Å². The standard InChI is InChI=1S/C29H43FN10O6S/c30-20-17-40(29(46)36-26(20)43)28(45)32-13-7-2-8-14-39-16-19(37-38-39)15-33-24(42)10-3-1-6-12-31-23(41)11-5-4-9-22-25-21(18-47-22)34-27(44)35-25/h16-17,21-22,25H,1-15,18H2,(H,31,41)(H,32,45)(H,33,42)(H2,34,35,44)(H,36,43,46)/t21-,22-,25-/m0/s1. The van der Waals surface area contributed by atoms with E-state index in [2.05, 4.69) is 36.9 Å². The molecule has 2 aliphatic heterocycles. The Morgan fingerprint density at radius 3 is 2.43 bits per heavy atom. The number of urea groups is 1. The first-order chi connectivity index (χ1) is 22.7. The molecule has 0 spiro atoms. The van der Waals surface area contributed by atoms with Gasteiger partial charge in [0.25, 0.3) is 5.56 Å². The Bertz CT molecular complexity index is 1500. The number of nitrogens with one attached hydrogen (secondary N) is 6. The van der Waals surface area contributed by atoms with Crippen LogP contribution in [0.4, 0.5) is 14.0 Å². The highest BCUT2D eigenvalue weighted by Crippen LogP contribution is 2.33. The summed E-state index contributed by atoms with van der Waals surface area (Å²) in [5.41, 5.74) is -1.55. The maximum Gasteiger partial charge on any atom is 0.336 e. The van der Waals surface area contributed by atoms with Gasteiger partial charge in [-0.1, -0.05) is 18.1 Å². The van der Waals surface area contributed by atoms with Crippen molar-refractivity contribution in [3.63, 3.8) is 0 Å². The minimum atomic E-state index is -1.22. The van der Waals surface area contributed by atoms with Crippen molar-refractivity contribution in [2.24, 2.45) is 0 Å². The van der Waals surface area contributed by atoms with Crippen molar-refractivity contribution in [2.75, 3.05) is 18.8 Å². The third kappa shape index (κ3) is 11.5. The summed E-state index contributed by atoms with van der Waals surface area (Å²) in [6.07, 6.45) is 10.4.